The van der Waals surface area contributed by atoms with E-state index >= 15 is 0 Å². The number of nitrogens with one attached hydrogen (secondary N) is 1. The quantitative estimate of drug-likeness (QED) is 0.740. The molecule has 6 nitrogen and oxygen atoms in total. The van der Waals surface area contributed by atoms with Gasteiger partial charge in [-0.1, -0.05) is 35.9 Å². The Labute approximate surface area is 143 Å². The van der Waals surface area contributed by atoms with Crippen molar-refractivity contribution in [2.24, 2.45) is 5.73 Å². The summed E-state index contributed by atoms with van der Waals surface area (Å²) in [7, 11) is 0. The summed E-state index contributed by atoms with van der Waals surface area (Å²) in [4.78, 5) is 19.0. The summed E-state index contributed by atoms with van der Waals surface area (Å²) in [5.74, 6) is -0.407. The second kappa shape index (κ2) is 6.43. The van der Waals surface area contributed by atoms with E-state index in [1.165, 1.54) is 12.4 Å². The molecule has 1 aliphatic rings. The van der Waals surface area contributed by atoms with Crippen molar-refractivity contribution in [2.45, 2.75) is 12.1 Å². The van der Waals surface area contributed by atoms with E-state index in [0.717, 1.165) is 11.1 Å². The summed E-state index contributed by atoms with van der Waals surface area (Å²) in [6.45, 7) is 0. The van der Waals surface area contributed by atoms with Crippen molar-refractivity contribution in [3.8, 4) is 0 Å². The lowest BCUT2D eigenvalue weighted by Crippen LogP contribution is -2.37. The molecule has 0 spiro atoms. The van der Waals surface area contributed by atoms with Crippen molar-refractivity contribution in [1.29, 1.82) is 0 Å². The second-order valence-electron chi connectivity index (χ2n) is 5.44. The Morgan fingerprint density at radius 3 is 2.54 bits per heavy atom. The van der Waals surface area contributed by atoms with E-state index < -0.39 is 11.6 Å². The molecule has 0 aliphatic heterocycles. The molecule has 1 aromatic heterocycles. The number of amides is 1. The van der Waals surface area contributed by atoms with Gasteiger partial charge in [0.15, 0.2) is 5.72 Å². The first-order valence-electron chi connectivity index (χ1n) is 7.22. The molecule has 0 bridgehead atoms. The lowest BCUT2D eigenvalue weighted by atomic mass is 9.92. The van der Waals surface area contributed by atoms with Gasteiger partial charge in [0.2, 0.25) is 5.95 Å². The van der Waals surface area contributed by atoms with Gasteiger partial charge in [-0.05, 0) is 29.3 Å². The molecule has 3 rings (SSSR count). The first-order chi connectivity index (χ1) is 11.5. The van der Waals surface area contributed by atoms with Crippen LogP contribution in [0.25, 0.3) is 5.57 Å². The molecule has 1 amide bonds. The Hall–Kier alpha value is -2.70. The van der Waals surface area contributed by atoms with Gasteiger partial charge in [0, 0.05) is 23.8 Å². The molecule has 1 atom stereocenters. The third kappa shape index (κ3) is 3.61. The highest BCUT2D eigenvalue weighted by Gasteiger charge is 2.28. The van der Waals surface area contributed by atoms with Crippen LogP contribution in [-0.2, 0) is 0 Å². The van der Waals surface area contributed by atoms with Crippen LogP contribution in [0, 0.1) is 0 Å². The highest BCUT2D eigenvalue weighted by molar-refractivity contribution is 6.30. The molecule has 7 heteroatoms. The fourth-order valence-corrected chi connectivity index (χ4v) is 2.52. The Morgan fingerprint density at radius 2 is 1.92 bits per heavy atom. The zero-order valence-electron chi connectivity index (χ0n) is 12.6. The van der Waals surface area contributed by atoms with Crippen molar-refractivity contribution in [3.63, 3.8) is 0 Å². The van der Waals surface area contributed by atoms with Crippen molar-refractivity contribution in [1.82, 2.24) is 9.97 Å². The van der Waals surface area contributed by atoms with E-state index in [9.17, 15) is 9.90 Å². The second-order valence-corrected chi connectivity index (χ2v) is 5.88. The lowest BCUT2D eigenvalue weighted by molar-refractivity contribution is 0.0999. The van der Waals surface area contributed by atoms with Gasteiger partial charge in [-0.3, -0.25) is 4.79 Å². The van der Waals surface area contributed by atoms with E-state index in [2.05, 4.69) is 15.3 Å². The maximum Gasteiger partial charge on any atom is 0.251 e. The largest absolute Gasteiger partial charge is 0.367 e. The van der Waals surface area contributed by atoms with Crippen molar-refractivity contribution >= 4 is 29.0 Å². The van der Waals surface area contributed by atoms with Gasteiger partial charge in [0.05, 0.1) is 5.56 Å². The molecule has 0 saturated carbocycles. The average Bonchev–Trinajstić information content (AvgIpc) is 2.55. The van der Waals surface area contributed by atoms with Gasteiger partial charge in [-0.15, -0.1) is 0 Å². The fraction of sp³-hybridized carbons (Fsp3) is 0.118. The van der Waals surface area contributed by atoms with E-state index in [1.807, 2.05) is 18.2 Å². The number of rotatable bonds is 4. The van der Waals surface area contributed by atoms with Gasteiger partial charge in [0.1, 0.15) is 0 Å². The predicted octanol–water partition coefficient (Wildman–Crippen LogP) is 2.37. The molecule has 2 aromatic rings. The summed E-state index contributed by atoms with van der Waals surface area (Å²) in [6.07, 6.45) is 8.26. The number of nitrogens with zero attached hydrogens (tertiary/aromatic N) is 2. The molecular formula is C17H15ClN4O2. The van der Waals surface area contributed by atoms with Gasteiger partial charge >= 0.3 is 0 Å². The maximum atomic E-state index is 11.0. The molecular weight excluding hydrogens is 328 g/mol. The van der Waals surface area contributed by atoms with Crippen LogP contribution in [-0.4, -0.2) is 26.7 Å². The number of aromatic nitrogens is 2. The van der Waals surface area contributed by atoms with Crippen LogP contribution >= 0.6 is 11.6 Å². The minimum atomic E-state index is -1.34. The van der Waals surface area contributed by atoms with Crippen LogP contribution in [0.2, 0.25) is 5.02 Å². The number of halogens is 1. The number of aliphatic hydroxyl groups is 1. The van der Waals surface area contributed by atoms with Crippen LogP contribution in [0.4, 0.5) is 5.95 Å². The van der Waals surface area contributed by atoms with E-state index in [4.69, 9.17) is 17.3 Å². The highest BCUT2D eigenvalue weighted by Crippen LogP contribution is 2.30. The summed E-state index contributed by atoms with van der Waals surface area (Å²) in [5.41, 5.74) is 5.93. The van der Waals surface area contributed by atoms with Crippen LogP contribution in [0.15, 0.2) is 54.9 Å². The van der Waals surface area contributed by atoms with Gasteiger partial charge in [-0.2, -0.15) is 0 Å². The van der Waals surface area contributed by atoms with Gasteiger partial charge < -0.3 is 16.2 Å². The molecule has 1 heterocycles. The molecule has 122 valence electrons. The molecule has 1 aliphatic carbocycles. The normalized spacial score (nSPS) is 19.7. The van der Waals surface area contributed by atoms with Crippen LogP contribution in [0.3, 0.4) is 0 Å². The van der Waals surface area contributed by atoms with Crippen LogP contribution in [0.1, 0.15) is 22.3 Å². The first-order valence-corrected chi connectivity index (χ1v) is 7.60. The summed E-state index contributed by atoms with van der Waals surface area (Å²) in [6, 6.07) is 7.39. The number of hydrogen-bond donors (Lipinski definition) is 3. The van der Waals surface area contributed by atoms with Gasteiger partial charge in [0.25, 0.3) is 5.91 Å². The Morgan fingerprint density at radius 1 is 1.25 bits per heavy atom. The predicted molar refractivity (Wildman–Crippen MR) is 92.3 cm³/mol. The summed E-state index contributed by atoms with van der Waals surface area (Å²) in [5, 5.41) is 14.3. The minimum absolute atomic E-state index is 0.199. The molecule has 0 radical (unpaired) electrons. The first kappa shape index (κ1) is 16.2. The molecule has 0 fully saturated rings. The SMILES string of the molecule is NC(=O)c1cnc(NC2(O)C=CC=C(c3ccc(Cl)cc3)C2)nc1. The highest BCUT2D eigenvalue weighted by atomic mass is 35.5. The Bertz CT molecular complexity index is 815. The van der Waals surface area contributed by atoms with Crippen LogP contribution < -0.4 is 11.1 Å². The number of carbonyl (C=O) groups excluding carboxylic acids is 1. The van der Waals surface area contributed by atoms with Crippen molar-refractivity contribution < 1.29 is 9.90 Å². The maximum absolute atomic E-state index is 11.0. The number of benzene rings is 1. The zero-order valence-corrected chi connectivity index (χ0v) is 13.4. The third-order valence-electron chi connectivity index (χ3n) is 3.61. The molecule has 0 saturated heterocycles. The number of primary amides is 1. The molecule has 1 aromatic carbocycles. The Balaban J connectivity index is 1.76. The number of carbonyl (C=O) groups is 1. The minimum Gasteiger partial charge on any atom is -0.367 e. The zero-order chi connectivity index (χ0) is 17.2. The van der Waals surface area contributed by atoms with Crippen molar-refractivity contribution in [3.05, 3.63) is 71.0 Å². The lowest BCUT2D eigenvalue weighted by Gasteiger charge is -2.29. The summed E-state index contributed by atoms with van der Waals surface area (Å²) >= 11 is 5.90. The smallest absolute Gasteiger partial charge is 0.251 e. The number of nitrogens with two attached hydrogens (primary N) is 1. The number of anilines is 1. The third-order valence-corrected chi connectivity index (χ3v) is 3.86. The standard InChI is InChI=1S/C17H15ClN4O2/c18-14-5-3-11(4-6-14)12-2-1-7-17(24,8-12)22-16-20-9-13(10-21-16)15(19)23/h1-7,9-10,24H,8H2,(H2,19,23)(H,20,21,22). The topological polar surface area (TPSA) is 101 Å². The van der Waals surface area contributed by atoms with E-state index in [-0.39, 0.29) is 11.5 Å². The Kier molecular flexibility index (Phi) is 4.33. The summed E-state index contributed by atoms with van der Waals surface area (Å²) < 4.78 is 0. The molecule has 4 N–H and O–H groups in total. The van der Waals surface area contributed by atoms with E-state index in [0.29, 0.717) is 11.4 Å². The molecule has 1 unspecified atom stereocenters. The average molecular weight is 343 g/mol. The molecule has 24 heavy (non-hydrogen) atoms. The van der Waals surface area contributed by atoms with Crippen molar-refractivity contribution in [2.75, 3.05) is 5.32 Å². The fourth-order valence-electron chi connectivity index (χ4n) is 2.39. The van der Waals surface area contributed by atoms with E-state index in [1.54, 1.807) is 24.3 Å². The number of hydrogen-bond acceptors (Lipinski definition) is 5. The van der Waals surface area contributed by atoms with Gasteiger partial charge in [-0.25, -0.2) is 9.97 Å². The number of allylic oxidation sites excluding steroid dienone is 2. The van der Waals surface area contributed by atoms with Crippen LogP contribution in [0.5, 0.6) is 0 Å². The monoisotopic (exact) mass is 342 g/mol.